The van der Waals surface area contributed by atoms with Crippen LogP contribution in [0.5, 0.6) is 0 Å². The number of hydrogen-bond acceptors (Lipinski definition) is 10. The average Bonchev–Trinajstić information content (AvgIpc) is 4.08. The molecule has 0 saturated carbocycles. The van der Waals surface area contributed by atoms with Crippen LogP contribution in [0.1, 0.15) is 22.8 Å². The Kier molecular flexibility index (Phi) is 41.5. The third-order valence-electron chi connectivity index (χ3n) is 10.5. The second kappa shape index (κ2) is 35.7. The Bertz CT molecular complexity index is 3660. The fourth-order valence-corrected chi connectivity index (χ4v) is 9.51. The van der Waals surface area contributed by atoms with Crippen molar-refractivity contribution in [2.45, 2.75) is 19.6 Å². The summed E-state index contributed by atoms with van der Waals surface area (Å²) in [7, 11) is -18.2. The molecule has 2 aliphatic rings. The average molecular weight is 1240 g/mol. The smallest absolute Gasteiger partial charge is 0.294 e. The van der Waals surface area contributed by atoms with E-state index in [4.69, 9.17) is 9.97 Å². The predicted octanol–water partition coefficient (Wildman–Crippen LogP) is -3.11. The summed E-state index contributed by atoms with van der Waals surface area (Å²) in [6.45, 7) is 0. The molecule has 36 heteroatoms. The van der Waals surface area contributed by atoms with Gasteiger partial charge in [0.05, 0.1) is 42.4 Å². The number of aromatic amines is 2. The maximum Gasteiger partial charge on any atom is 0.294 e. The van der Waals surface area contributed by atoms with Gasteiger partial charge < -0.3 is 75.7 Å². The fraction of sp³-hybridized carbons (Fsp3) is 0. The summed E-state index contributed by atoms with van der Waals surface area (Å²) in [6, 6.07) is 29.1. The molecule has 4 radical (unpaired) electrons. The molecule has 0 atom stereocenters. The van der Waals surface area contributed by atoms with E-state index in [9.17, 15) is 51.9 Å². The number of aromatic nitrogens is 4. The standard InChI is InChI=1S/C44H30N4O12S4.4Na.12H2O/c49-61(50,51)29-9-1-25(2-10-29)41-33-17-19-35(45-33)42(26-3-11-30(12-4-26)62(52,53)54)37-21-23-39(47-37)44(28-7-15-32(16-8-28)64(58,59)60)40-24-22-38(48-40)43(36-20-18-34(41)46-36)27-5-13-31(14-6-27)63(55,56)57;;;;;;;;;;;;;;;;/h1-24,45-46H,(H,49,50,51)(H,52,53,54)(H,55,56,57)(H,58,59,60);;;;;12*1H2. The maximum atomic E-state index is 12.0. The summed E-state index contributed by atoms with van der Waals surface area (Å²) in [6.07, 6.45) is 6.88. The van der Waals surface area contributed by atoms with Gasteiger partial charge in [-0.25, -0.2) is 9.97 Å². The predicted molar refractivity (Wildman–Crippen MR) is 306 cm³/mol. The molecule has 0 aliphatic carbocycles. The Labute approximate surface area is 544 Å². The van der Waals surface area contributed by atoms with E-state index in [0.717, 1.165) is 0 Å². The molecule has 422 valence electrons. The second-order valence-electron chi connectivity index (χ2n) is 14.5. The van der Waals surface area contributed by atoms with E-state index in [-0.39, 0.29) is 204 Å². The van der Waals surface area contributed by atoms with Crippen molar-refractivity contribution in [1.29, 1.82) is 0 Å². The van der Waals surface area contributed by atoms with Crippen LogP contribution in [0.15, 0.2) is 141 Å². The molecule has 2 aliphatic heterocycles. The molecule has 9 rings (SSSR count). The number of nitrogens with zero attached hydrogens (tertiary/aromatic N) is 2. The van der Waals surface area contributed by atoms with Gasteiger partial charge >= 0.3 is 0 Å². The van der Waals surface area contributed by atoms with Crippen molar-refractivity contribution < 1.29 is 118 Å². The molecule has 5 heterocycles. The van der Waals surface area contributed by atoms with Crippen molar-refractivity contribution in [3.8, 4) is 44.5 Å². The number of hydrogen-bond donors (Lipinski definition) is 6. The second-order valence-corrected chi connectivity index (χ2v) is 20.2. The van der Waals surface area contributed by atoms with E-state index >= 15 is 0 Å². The molecule has 0 amide bonds. The van der Waals surface area contributed by atoms with Crippen LogP contribution in [-0.4, -0.2) is 256 Å². The van der Waals surface area contributed by atoms with Crippen molar-refractivity contribution in [2.24, 2.45) is 0 Å². The van der Waals surface area contributed by atoms with Crippen LogP contribution in [0.3, 0.4) is 0 Å². The zero-order valence-corrected chi connectivity index (χ0v) is 53.7. The zero-order chi connectivity index (χ0) is 45.3. The molecule has 3 aromatic heterocycles. The third kappa shape index (κ3) is 19.3. The van der Waals surface area contributed by atoms with Crippen LogP contribution >= 0.6 is 0 Å². The molecule has 0 spiro atoms. The molecule has 0 saturated heterocycles. The molecule has 28 nitrogen and oxygen atoms in total. The van der Waals surface area contributed by atoms with Crippen LogP contribution in [0, 0.1) is 0 Å². The third-order valence-corrected chi connectivity index (χ3v) is 14.0. The minimum Gasteiger partial charge on any atom is -0.412 e. The molecule has 8 bridgehead atoms. The normalized spacial score (nSPS) is 10.4. The molecule has 30 N–H and O–H groups in total. The van der Waals surface area contributed by atoms with E-state index in [2.05, 4.69) is 9.97 Å². The summed E-state index contributed by atoms with van der Waals surface area (Å²) in [5.74, 6) is 0. The summed E-state index contributed by atoms with van der Waals surface area (Å²) in [5, 5.41) is 0. The first-order valence-corrected chi connectivity index (χ1v) is 24.5. The Morgan fingerprint density at radius 1 is 0.263 bits per heavy atom. The van der Waals surface area contributed by atoms with E-state index < -0.39 is 40.5 Å². The fourth-order valence-electron chi connectivity index (χ4n) is 7.59. The van der Waals surface area contributed by atoms with Gasteiger partial charge in [-0.05, 0) is 119 Å². The zero-order valence-electron chi connectivity index (χ0n) is 42.4. The van der Waals surface area contributed by atoms with Crippen molar-refractivity contribution in [3.63, 3.8) is 0 Å². The number of benzene rings is 4. The van der Waals surface area contributed by atoms with Gasteiger partial charge in [0, 0.05) is 163 Å². The summed E-state index contributed by atoms with van der Waals surface area (Å²) >= 11 is 0. The Morgan fingerprint density at radius 3 is 0.650 bits per heavy atom. The van der Waals surface area contributed by atoms with E-state index in [1.807, 2.05) is 0 Å². The van der Waals surface area contributed by atoms with Gasteiger partial charge in [0.15, 0.2) is 0 Å². The Morgan fingerprint density at radius 2 is 0.438 bits per heavy atom. The molecular formula is C44H54N4Na4O24S4. The van der Waals surface area contributed by atoms with Crippen LogP contribution in [0.4, 0.5) is 0 Å². The van der Waals surface area contributed by atoms with Gasteiger partial charge in [0.1, 0.15) is 0 Å². The van der Waals surface area contributed by atoms with E-state index in [1.54, 1.807) is 48.6 Å². The maximum absolute atomic E-state index is 12.0. The largest absolute Gasteiger partial charge is 0.412 e. The summed E-state index contributed by atoms with van der Waals surface area (Å²) in [5.41, 5.74) is 7.41. The van der Waals surface area contributed by atoms with Gasteiger partial charge in [0.25, 0.3) is 40.5 Å². The van der Waals surface area contributed by atoms with Gasteiger partial charge in [-0.3, -0.25) is 18.2 Å². The van der Waals surface area contributed by atoms with Crippen LogP contribution in [-0.2, 0) is 40.5 Å². The number of fused-ring (bicyclic) bond motifs is 8. The van der Waals surface area contributed by atoms with Gasteiger partial charge in [-0.15, -0.1) is 0 Å². The first-order chi connectivity index (χ1) is 30.2. The summed E-state index contributed by atoms with van der Waals surface area (Å²) < 4.78 is 135. The number of H-pyrrole nitrogens is 2. The van der Waals surface area contributed by atoms with Crippen LogP contribution < -0.4 is 0 Å². The van der Waals surface area contributed by atoms with E-state index in [0.29, 0.717) is 89.4 Å². The van der Waals surface area contributed by atoms with Crippen molar-refractivity contribution in [1.82, 2.24) is 19.9 Å². The van der Waals surface area contributed by atoms with Gasteiger partial charge in [0.2, 0.25) is 0 Å². The van der Waals surface area contributed by atoms with Gasteiger partial charge in [-0.1, -0.05) is 48.5 Å². The van der Waals surface area contributed by atoms with E-state index in [1.165, 1.54) is 97.1 Å². The molecule has 0 unspecified atom stereocenters. The molecule has 80 heavy (non-hydrogen) atoms. The topological polar surface area (TPSA) is 653 Å². The van der Waals surface area contributed by atoms with Crippen molar-refractivity contribution in [3.05, 3.63) is 144 Å². The molecule has 4 aromatic carbocycles. The first-order valence-electron chi connectivity index (χ1n) is 18.7. The monoisotopic (exact) mass is 1240 g/mol. The molecular weight excluding hydrogens is 1190 g/mol. The van der Waals surface area contributed by atoms with Crippen molar-refractivity contribution >= 4 is 205 Å². The number of rotatable bonds is 8. The first kappa shape index (κ1) is 93.1. The molecule has 7 aromatic rings. The van der Waals surface area contributed by atoms with Crippen LogP contribution in [0.25, 0.3) is 90.9 Å². The van der Waals surface area contributed by atoms with Crippen LogP contribution in [0.2, 0.25) is 0 Å². The van der Waals surface area contributed by atoms with Gasteiger partial charge in [-0.2, -0.15) is 33.7 Å². The minimum absolute atomic E-state index is 0. The minimum atomic E-state index is -4.55. The van der Waals surface area contributed by atoms with Crippen molar-refractivity contribution in [2.75, 3.05) is 0 Å². The molecule has 0 fully saturated rings. The SMILES string of the molecule is O.O.O.O.O.O.O.O.O.O.O.O.O=S(=O)(O)c1ccc(-c2c3nc(c(-c4ccc(S(=O)(=O)O)cc4)c4ccc([nH]4)c(-c4ccc(S(=O)(=O)O)cc4)c4ccc([nH]4)c(-c4ccc(S(=O)(=O)O)cc4)c4nc2C=C4)C=C3)cc1.[Na].[Na].[Na].[Na]. The number of nitrogens with one attached hydrogen (secondary N) is 2. The Balaban J connectivity index is -0.000000540. The Hall–Kier alpha value is -3.36. The summed E-state index contributed by atoms with van der Waals surface area (Å²) in [4.78, 5) is 15.6. The quantitative estimate of drug-likeness (QED) is 0.0649.